The number of carbonyl (C=O) groups excluding carboxylic acids is 1. The molecule has 1 saturated carbocycles. The second-order valence-electron chi connectivity index (χ2n) is 6.84. The third kappa shape index (κ3) is 3.82. The van der Waals surface area contributed by atoms with Gasteiger partial charge in [0.05, 0.1) is 0 Å². The fourth-order valence-corrected chi connectivity index (χ4v) is 3.01. The first kappa shape index (κ1) is 16.6. The van der Waals surface area contributed by atoms with Crippen LogP contribution in [0.4, 0.5) is 4.39 Å². The third-order valence-electron chi connectivity index (χ3n) is 4.60. The summed E-state index contributed by atoms with van der Waals surface area (Å²) < 4.78 is 15.0. The first-order valence-corrected chi connectivity index (χ1v) is 8.16. The summed E-state index contributed by atoms with van der Waals surface area (Å²) in [5, 5.41) is 7.32. The van der Waals surface area contributed by atoms with Crippen molar-refractivity contribution in [3.63, 3.8) is 0 Å². The van der Waals surface area contributed by atoms with Crippen LogP contribution in [0.2, 0.25) is 0 Å². The van der Waals surface area contributed by atoms with Gasteiger partial charge in [0.2, 0.25) is 5.91 Å². The zero-order chi connectivity index (χ0) is 17.2. The summed E-state index contributed by atoms with van der Waals surface area (Å²) in [5.41, 5.74) is 0.900. The molecular weight excluding hydrogens is 307 g/mol. The van der Waals surface area contributed by atoms with Crippen molar-refractivity contribution < 1.29 is 9.18 Å². The molecule has 1 amide bonds. The van der Waals surface area contributed by atoms with Crippen molar-refractivity contribution in [1.82, 2.24) is 20.0 Å². The quantitative estimate of drug-likeness (QED) is 0.847. The number of halogens is 1. The standard InChI is InChI=1S/C18H23FN4O/c1-22(2)16(14-4-6-15(19)7-5-14)17(24)20-12-18(8-9-18)13-23-11-3-10-21-23/h3-7,10-11,16H,8-9,12-13H2,1-2H3,(H,20,24)/t16-/m0/s1. The number of amides is 1. The van der Waals surface area contributed by atoms with E-state index in [2.05, 4.69) is 10.4 Å². The minimum absolute atomic E-state index is 0.0571. The van der Waals surface area contributed by atoms with Crippen molar-refractivity contribution in [2.75, 3.05) is 20.6 Å². The van der Waals surface area contributed by atoms with Gasteiger partial charge in [0, 0.05) is 30.9 Å². The minimum Gasteiger partial charge on any atom is -0.354 e. The Hall–Kier alpha value is -2.21. The molecule has 0 unspecified atom stereocenters. The molecule has 0 radical (unpaired) electrons. The molecule has 1 aliphatic rings. The average molecular weight is 330 g/mol. The van der Waals surface area contributed by atoms with Gasteiger partial charge in [-0.05, 0) is 50.7 Å². The molecule has 3 rings (SSSR count). The Kier molecular flexibility index (Phi) is 4.66. The van der Waals surface area contributed by atoms with Gasteiger partial charge in [-0.15, -0.1) is 0 Å². The number of nitrogens with one attached hydrogen (secondary N) is 1. The third-order valence-corrected chi connectivity index (χ3v) is 4.60. The predicted molar refractivity (Wildman–Crippen MR) is 89.7 cm³/mol. The maximum absolute atomic E-state index is 13.1. The lowest BCUT2D eigenvalue weighted by Gasteiger charge is -2.25. The maximum Gasteiger partial charge on any atom is 0.241 e. The molecule has 128 valence electrons. The van der Waals surface area contributed by atoms with E-state index >= 15 is 0 Å². The first-order chi connectivity index (χ1) is 11.5. The molecule has 1 atom stereocenters. The van der Waals surface area contributed by atoms with E-state index in [9.17, 15) is 9.18 Å². The van der Waals surface area contributed by atoms with Gasteiger partial charge in [0.15, 0.2) is 0 Å². The van der Waals surface area contributed by atoms with Crippen molar-refractivity contribution in [2.24, 2.45) is 5.41 Å². The molecule has 1 aromatic heterocycles. The van der Waals surface area contributed by atoms with Crippen LogP contribution in [-0.4, -0.2) is 41.2 Å². The second kappa shape index (κ2) is 6.73. The average Bonchev–Trinajstić information content (AvgIpc) is 3.11. The number of hydrogen-bond acceptors (Lipinski definition) is 3. The van der Waals surface area contributed by atoms with Crippen molar-refractivity contribution >= 4 is 5.91 Å². The summed E-state index contributed by atoms with van der Waals surface area (Å²) in [6, 6.07) is 7.59. The number of nitrogens with zero attached hydrogens (tertiary/aromatic N) is 3. The van der Waals surface area contributed by atoms with Crippen molar-refractivity contribution in [3.05, 3.63) is 54.1 Å². The van der Waals surface area contributed by atoms with Crippen LogP contribution in [0.5, 0.6) is 0 Å². The van der Waals surface area contributed by atoms with Crippen molar-refractivity contribution in [3.8, 4) is 0 Å². The Morgan fingerprint density at radius 1 is 1.38 bits per heavy atom. The van der Waals surface area contributed by atoms with Crippen molar-refractivity contribution in [2.45, 2.75) is 25.4 Å². The van der Waals surface area contributed by atoms with Crippen LogP contribution < -0.4 is 5.32 Å². The van der Waals surface area contributed by atoms with Crippen LogP contribution in [0.1, 0.15) is 24.4 Å². The summed E-state index contributed by atoms with van der Waals surface area (Å²) in [4.78, 5) is 14.5. The largest absolute Gasteiger partial charge is 0.354 e. The Bertz CT molecular complexity index is 678. The van der Waals surface area contributed by atoms with E-state index in [1.165, 1.54) is 12.1 Å². The molecule has 24 heavy (non-hydrogen) atoms. The zero-order valence-corrected chi connectivity index (χ0v) is 14.1. The molecular formula is C18H23FN4O. The van der Waals surface area contributed by atoms with E-state index in [0.29, 0.717) is 6.54 Å². The predicted octanol–water partition coefficient (Wildman–Crippen LogP) is 2.22. The monoisotopic (exact) mass is 330 g/mol. The lowest BCUT2D eigenvalue weighted by Crippen LogP contribution is -2.40. The highest BCUT2D eigenvalue weighted by Crippen LogP contribution is 2.46. The van der Waals surface area contributed by atoms with Gasteiger partial charge < -0.3 is 5.32 Å². The molecule has 2 aromatic rings. The van der Waals surface area contributed by atoms with Crippen LogP contribution in [0, 0.1) is 11.2 Å². The number of hydrogen-bond donors (Lipinski definition) is 1. The van der Waals surface area contributed by atoms with Gasteiger partial charge in [-0.2, -0.15) is 5.10 Å². The smallest absolute Gasteiger partial charge is 0.241 e. The van der Waals surface area contributed by atoms with Crippen LogP contribution in [0.15, 0.2) is 42.7 Å². The van der Waals surface area contributed by atoms with E-state index in [4.69, 9.17) is 0 Å². The molecule has 1 N–H and O–H groups in total. The van der Waals surface area contributed by atoms with Crippen LogP contribution in [0.3, 0.4) is 0 Å². The van der Waals surface area contributed by atoms with E-state index in [-0.39, 0.29) is 17.1 Å². The first-order valence-electron chi connectivity index (χ1n) is 8.16. The summed E-state index contributed by atoms with van der Waals surface area (Å²) in [7, 11) is 3.70. The van der Waals surface area contributed by atoms with E-state index < -0.39 is 6.04 Å². The molecule has 1 aromatic carbocycles. The Morgan fingerprint density at radius 3 is 2.62 bits per heavy atom. The molecule has 6 heteroatoms. The Morgan fingerprint density at radius 2 is 2.08 bits per heavy atom. The van der Waals surface area contributed by atoms with Crippen molar-refractivity contribution in [1.29, 1.82) is 0 Å². The summed E-state index contributed by atoms with van der Waals surface area (Å²) in [6.07, 6.45) is 5.90. The zero-order valence-electron chi connectivity index (χ0n) is 14.1. The lowest BCUT2D eigenvalue weighted by molar-refractivity contribution is -0.126. The number of rotatable bonds is 7. The fraction of sp³-hybridized carbons (Fsp3) is 0.444. The highest BCUT2D eigenvalue weighted by Gasteiger charge is 2.43. The lowest BCUT2D eigenvalue weighted by atomic mass is 10.0. The van der Waals surface area contributed by atoms with Gasteiger partial charge in [0.25, 0.3) is 0 Å². The maximum atomic E-state index is 13.1. The molecule has 1 heterocycles. The van der Waals surface area contributed by atoms with Gasteiger partial charge in [-0.25, -0.2) is 4.39 Å². The number of carbonyl (C=O) groups is 1. The van der Waals surface area contributed by atoms with Gasteiger partial charge in [-0.1, -0.05) is 12.1 Å². The Balaban J connectivity index is 1.63. The normalized spacial score (nSPS) is 16.8. The molecule has 5 nitrogen and oxygen atoms in total. The molecule has 0 spiro atoms. The van der Waals surface area contributed by atoms with E-state index in [1.54, 1.807) is 18.3 Å². The number of benzene rings is 1. The molecule has 1 fully saturated rings. The topological polar surface area (TPSA) is 50.2 Å². The SMILES string of the molecule is CN(C)[C@H](C(=O)NCC1(Cn2cccn2)CC1)c1ccc(F)cc1. The fourth-order valence-electron chi connectivity index (χ4n) is 3.01. The molecule has 0 saturated heterocycles. The van der Waals surface area contributed by atoms with E-state index in [0.717, 1.165) is 24.9 Å². The molecule has 0 aliphatic heterocycles. The van der Waals surface area contributed by atoms with E-state index in [1.807, 2.05) is 35.9 Å². The molecule has 0 bridgehead atoms. The van der Waals surface area contributed by atoms with Crippen LogP contribution >= 0.6 is 0 Å². The summed E-state index contributed by atoms with van der Waals surface area (Å²) >= 11 is 0. The minimum atomic E-state index is -0.425. The summed E-state index contributed by atoms with van der Waals surface area (Å²) in [6.45, 7) is 1.46. The van der Waals surface area contributed by atoms with Crippen LogP contribution in [0.25, 0.3) is 0 Å². The Labute approximate surface area is 141 Å². The number of likely N-dealkylation sites (N-methyl/N-ethyl adjacent to an activating group) is 1. The van der Waals surface area contributed by atoms with Gasteiger partial charge in [-0.3, -0.25) is 14.4 Å². The highest BCUT2D eigenvalue weighted by atomic mass is 19.1. The van der Waals surface area contributed by atoms with Gasteiger partial charge >= 0.3 is 0 Å². The van der Waals surface area contributed by atoms with Gasteiger partial charge in [0.1, 0.15) is 11.9 Å². The number of aromatic nitrogens is 2. The highest BCUT2D eigenvalue weighted by molar-refractivity contribution is 5.83. The molecule has 1 aliphatic carbocycles. The summed E-state index contributed by atoms with van der Waals surface area (Å²) in [5.74, 6) is -0.355. The second-order valence-corrected chi connectivity index (χ2v) is 6.84. The van der Waals surface area contributed by atoms with Crippen LogP contribution in [-0.2, 0) is 11.3 Å².